The maximum absolute atomic E-state index is 12.2. The van der Waals surface area contributed by atoms with Crippen molar-refractivity contribution in [3.63, 3.8) is 0 Å². The van der Waals surface area contributed by atoms with Crippen LogP contribution in [0.2, 0.25) is 0 Å². The van der Waals surface area contributed by atoms with Crippen LogP contribution >= 0.6 is 0 Å². The smallest absolute Gasteiger partial charge is 0.250 e. The van der Waals surface area contributed by atoms with Gasteiger partial charge in [-0.25, -0.2) is 0 Å². The first kappa shape index (κ1) is 18.7. The summed E-state index contributed by atoms with van der Waals surface area (Å²) in [7, 11) is 2.00. The molecule has 1 N–H and O–H groups in total. The number of hydrogen-bond acceptors (Lipinski definition) is 4. The molecule has 5 nitrogen and oxygen atoms in total. The average molecular weight is 334 g/mol. The molecular weight excluding hydrogens is 304 g/mol. The van der Waals surface area contributed by atoms with E-state index in [4.69, 9.17) is 9.47 Å². The van der Waals surface area contributed by atoms with E-state index in [1.54, 1.807) is 0 Å². The molecule has 0 radical (unpaired) electrons. The third-order valence-corrected chi connectivity index (χ3v) is 4.17. The molecule has 1 saturated heterocycles. The van der Waals surface area contributed by atoms with Gasteiger partial charge in [-0.15, -0.1) is 0 Å². The van der Waals surface area contributed by atoms with Gasteiger partial charge in [0.05, 0.1) is 12.6 Å². The Bertz CT molecular complexity index is 537. The number of likely N-dealkylation sites (N-methyl/N-ethyl adjacent to an activating group) is 1. The molecule has 134 valence electrons. The number of amides is 1. The van der Waals surface area contributed by atoms with Crippen LogP contribution in [-0.2, 0) is 14.9 Å². The molecule has 1 aromatic carbocycles. The number of carbonyl (C=O) groups excluding carboxylic acids is 1. The lowest BCUT2D eigenvalue weighted by atomic mass is 9.87. The van der Waals surface area contributed by atoms with Crippen molar-refractivity contribution in [2.45, 2.75) is 45.3 Å². The molecule has 1 aromatic rings. The minimum atomic E-state index is -0.391. The van der Waals surface area contributed by atoms with E-state index in [1.807, 2.05) is 26.1 Å². The molecular formula is C19H30N2O3. The Balaban J connectivity index is 1.78. The zero-order valence-electron chi connectivity index (χ0n) is 15.5. The van der Waals surface area contributed by atoms with Crippen LogP contribution in [0.25, 0.3) is 0 Å². The predicted octanol–water partition coefficient (Wildman–Crippen LogP) is 2.20. The van der Waals surface area contributed by atoms with Crippen LogP contribution in [0.1, 0.15) is 33.3 Å². The van der Waals surface area contributed by atoms with Gasteiger partial charge in [-0.3, -0.25) is 4.79 Å². The van der Waals surface area contributed by atoms with Crippen LogP contribution in [0.5, 0.6) is 5.75 Å². The van der Waals surface area contributed by atoms with Gasteiger partial charge >= 0.3 is 0 Å². The Morgan fingerprint density at radius 1 is 1.38 bits per heavy atom. The van der Waals surface area contributed by atoms with Crippen molar-refractivity contribution >= 4 is 5.91 Å². The molecule has 1 fully saturated rings. The first-order valence-corrected chi connectivity index (χ1v) is 8.59. The van der Waals surface area contributed by atoms with Crippen LogP contribution in [0.4, 0.5) is 0 Å². The molecule has 1 aliphatic heterocycles. The van der Waals surface area contributed by atoms with Gasteiger partial charge in [-0.2, -0.15) is 0 Å². The number of rotatable bonds is 5. The number of hydrogen-bond donors (Lipinski definition) is 1. The van der Waals surface area contributed by atoms with Gasteiger partial charge in [-0.05, 0) is 37.1 Å². The van der Waals surface area contributed by atoms with Crippen LogP contribution in [-0.4, -0.2) is 56.3 Å². The summed E-state index contributed by atoms with van der Waals surface area (Å²) in [5, 5.41) is 2.96. The van der Waals surface area contributed by atoms with E-state index >= 15 is 0 Å². The quantitative estimate of drug-likeness (QED) is 0.897. The zero-order valence-corrected chi connectivity index (χ0v) is 15.5. The summed E-state index contributed by atoms with van der Waals surface area (Å²) in [6.07, 6.45) is -0.391. The molecule has 0 spiro atoms. The number of benzene rings is 1. The Morgan fingerprint density at radius 3 is 2.62 bits per heavy atom. The van der Waals surface area contributed by atoms with E-state index < -0.39 is 6.10 Å². The third-order valence-electron chi connectivity index (χ3n) is 4.17. The number of nitrogens with zero attached hydrogens (tertiary/aromatic N) is 1. The van der Waals surface area contributed by atoms with Crippen molar-refractivity contribution in [3.05, 3.63) is 29.8 Å². The standard InChI is InChI=1S/C19H30N2O3/c1-14(20-18(22)17-12-21(5)10-11-23-17)13-24-16-8-6-15(7-9-16)19(2,3)4/h6-9,14,17H,10-13H2,1-5H3,(H,20,22). The van der Waals surface area contributed by atoms with Crippen LogP contribution in [0.3, 0.4) is 0 Å². The molecule has 1 aliphatic rings. The maximum Gasteiger partial charge on any atom is 0.250 e. The Labute approximate surface area is 145 Å². The van der Waals surface area contributed by atoms with Crippen molar-refractivity contribution in [2.24, 2.45) is 0 Å². The lowest BCUT2D eigenvalue weighted by Gasteiger charge is -2.30. The number of morpholine rings is 1. The van der Waals surface area contributed by atoms with E-state index in [0.717, 1.165) is 12.3 Å². The summed E-state index contributed by atoms with van der Waals surface area (Å²) >= 11 is 0. The molecule has 0 aromatic heterocycles. The predicted molar refractivity (Wildman–Crippen MR) is 95.5 cm³/mol. The van der Waals surface area contributed by atoms with Crippen molar-refractivity contribution < 1.29 is 14.3 Å². The van der Waals surface area contributed by atoms with Crippen molar-refractivity contribution in [2.75, 3.05) is 33.4 Å². The van der Waals surface area contributed by atoms with E-state index in [-0.39, 0.29) is 17.4 Å². The Morgan fingerprint density at radius 2 is 2.04 bits per heavy atom. The lowest BCUT2D eigenvalue weighted by molar-refractivity contribution is -0.138. The van der Waals surface area contributed by atoms with Crippen LogP contribution < -0.4 is 10.1 Å². The van der Waals surface area contributed by atoms with Gasteiger partial charge in [0.1, 0.15) is 18.5 Å². The summed E-state index contributed by atoms with van der Waals surface area (Å²) in [4.78, 5) is 14.3. The number of ether oxygens (including phenoxy) is 2. The van der Waals surface area contributed by atoms with Gasteiger partial charge in [0.15, 0.2) is 0 Å². The molecule has 0 bridgehead atoms. The summed E-state index contributed by atoms with van der Waals surface area (Å²) in [5.41, 5.74) is 1.40. The molecule has 1 amide bonds. The number of nitrogens with one attached hydrogen (secondary N) is 1. The number of carbonyl (C=O) groups is 1. The monoisotopic (exact) mass is 334 g/mol. The molecule has 1 heterocycles. The summed E-state index contributed by atoms with van der Waals surface area (Å²) < 4.78 is 11.3. The average Bonchev–Trinajstić information content (AvgIpc) is 2.52. The highest BCUT2D eigenvalue weighted by atomic mass is 16.5. The SMILES string of the molecule is CC(COc1ccc(C(C)(C)C)cc1)NC(=O)C1CN(C)CCO1. The second-order valence-electron chi connectivity index (χ2n) is 7.62. The van der Waals surface area contributed by atoms with E-state index in [9.17, 15) is 4.79 Å². The molecule has 24 heavy (non-hydrogen) atoms. The van der Waals surface area contributed by atoms with Gasteiger partial charge in [0.2, 0.25) is 0 Å². The Hall–Kier alpha value is -1.59. The van der Waals surface area contributed by atoms with Gasteiger partial charge in [0.25, 0.3) is 5.91 Å². The van der Waals surface area contributed by atoms with Gasteiger partial charge in [0, 0.05) is 13.1 Å². The fourth-order valence-electron chi connectivity index (χ4n) is 2.59. The third kappa shape index (κ3) is 5.49. The highest BCUT2D eigenvalue weighted by Gasteiger charge is 2.25. The first-order valence-electron chi connectivity index (χ1n) is 8.59. The minimum absolute atomic E-state index is 0.0688. The Kier molecular flexibility index (Phi) is 6.24. The van der Waals surface area contributed by atoms with Gasteiger partial charge in [-0.1, -0.05) is 32.9 Å². The summed E-state index contributed by atoms with van der Waals surface area (Å²) in [5.74, 6) is 0.749. The fraction of sp³-hybridized carbons (Fsp3) is 0.632. The minimum Gasteiger partial charge on any atom is -0.491 e. The zero-order chi connectivity index (χ0) is 17.7. The van der Waals surface area contributed by atoms with E-state index in [0.29, 0.717) is 19.8 Å². The molecule has 0 aliphatic carbocycles. The first-order chi connectivity index (χ1) is 11.3. The van der Waals surface area contributed by atoms with Crippen molar-refractivity contribution in [3.8, 4) is 5.75 Å². The second-order valence-corrected chi connectivity index (χ2v) is 7.62. The fourth-order valence-corrected chi connectivity index (χ4v) is 2.59. The highest BCUT2D eigenvalue weighted by Crippen LogP contribution is 2.24. The largest absolute Gasteiger partial charge is 0.491 e. The van der Waals surface area contributed by atoms with E-state index in [2.05, 4.69) is 43.1 Å². The lowest BCUT2D eigenvalue weighted by Crippen LogP contribution is -2.51. The van der Waals surface area contributed by atoms with Crippen LogP contribution in [0.15, 0.2) is 24.3 Å². The van der Waals surface area contributed by atoms with Crippen molar-refractivity contribution in [1.82, 2.24) is 10.2 Å². The normalized spacial score (nSPS) is 20.5. The highest BCUT2D eigenvalue weighted by molar-refractivity contribution is 5.81. The molecule has 2 unspecified atom stereocenters. The summed E-state index contributed by atoms with van der Waals surface area (Å²) in [6.45, 7) is 11.0. The topological polar surface area (TPSA) is 50.8 Å². The van der Waals surface area contributed by atoms with Crippen LogP contribution in [0, 0.1) is 0 Å². The summed E-state index contributed by atoms with van der Waals surface area (Å²) in [6, 6.07) is 8.06. The van der Waals surface area contributed by atoms with Crippen molar-refractivity contribution in [1.29, 1.82) is 0 Å². The van der Waals surface area contributed by atoms with Gasteiger partial charge < -0.3 is 19.7 Å². The second kappa shape index (κ2) is 7.99. The molecule has 2 rings (SSSR count). The maximum atomic E-state index is 12.2. The molecule has 5 heteroatoms. The molecule has 0 saturated carbocycles. The molecule has 2 atom stereocenters. The van der Waals surface area contributed by atoms with E-state index in [1.165, 1.54) is 5.56 Å².